The smallest absolute Gasteiger partial charge is 0.251 e. The van der Waals surface area contributed by atoms with Crippen molar-refractivity contribution < 1.29 is 25.2 Å². The first-order chi connectivity index (χ1) is 10.4. The molecule has 2 atom stereocenters. The first kappa shape index (κ1) is 21.8. The molecule has 10 heteroatoms. The Bertz CT molecular complexity index is 598. The van der Waals surface area contributed by atoms with Crippen LogP contribution in [0.4, 0.5) is 0 Å². The van der Waals surface area contributed by atoms with E-state index in [-0.39, 0.29) is 18.3 Å². The van der Waals surface area contributed by atoms with Gasteiger partial charge in [-0.25, -0.2) is 0 Å². The lowest BCUT2D eigenvalue weighted by atomic mass is 10.1. The normalized spacial score (nSPS) is 15.1. The zero-order chi connectivity index (χ0) is 18.3. The van der Waals surface area contributed by atoms with Crippen LogP contribution in [0, 0.1) is 34.5 Å². The van der Waals surface area contributed by atoms with Crippen LogP contribution < -0.4 is 0 Å². The van der Waals surface area contributed by atoms with Crippen molar-refractivity contribution in [2.45, 2.75) is 46.3 Å². The van der Waals surface area contributed by atoms with Crippen molar-refractivity contribution >= 4 is 20.2 Å². The first-order valence-electron chi connectivity index (χ1n) is 7.05. The molecule has 0 aliphatic carbocycles. The molecule has 132 valence electrons. The number of nitriles is 2. The second-order valence-electron chi connectivity index (χ2n) is 5.66. The van der Waals surface area contributed by atoms with Gasteiger partial charge in [0.2, 0.25) is 0 Å². The summed E-state index contributed by atoms with van der Waals surface area (Å²) in [6, 6.07) is 3.46. The van der Waals surface area contributed by atoms with E-state index in [4.69, 9.17) is 18.9 Å². The van der Waals surface area contributed by atoms with Crippen molar-refractivity contribution in [1.29, 1.82) is 10.5 Å². The summed E-state index contributed by atoms with van der Waals surface area (Å²) in [5.74, 6) is -1.74. The Hall–Kier alpha value is -1.20. The summed E-state index contributed by atoms with van der Waals surface area (Å²) in [7, 11) is -8.04. The molecule has 0 saturated carbocycles. The molecule has 0 bridgehead atoms. The molecule has 2 unspecified atom stereocenters. The third-order valence-corrected chi connectivity index (χ3v) is 5.33. The van der Waals surface area contributed by atoms with Gasteiger partial charge in [0.15, 0.2) is 12.2 Å². The molecule has 0 spiro atoms. The maximum Gasteiger partial charge on any atom is 0.268 e. The van der Waals surface area contributed by atoms with Gasteiger partial charge < -0.3 is 0 Å². The minimum atomic E-state index is -4.02. The Kier molecular flexibility index (Phi) is 8.70. The molecule has 0 aliphatic rings. The molecule has 0 rings (SSSR count). The molecule has 0 fully saturated rings. The number of nitrogens with zero attached hydrogens (tertiary/aromatic N) is 2. The van der Waals surface area contributed by atoms with Gasteiger partial charge >= 0.3 is 0 Å². The molecule has 8 nitrogen and oxygen atoms in total. The fourth-order valence-electron chi connectivity index (χ4n) is 1.39. The molecule has 0 aromatic carbocycles. The number of rotatable bonds is 10. The van der Waals surface area contributed by atoms with Crippen molar-refractivity contribution in [3.8, 4) is 12.1 Å². The van der Waals surface area contributed by atoms with E-state index in [9.17, 15) is 16.8 Å². The van der Waals surface area contributed by atoms with Crippen LogP contribution in [0.5, 0.6) is 0 Å². The summed E-state index contributed by atoms with van der Waals surface area (Å²) in [6.45, 7) is 6.54. The fourth-order valence-corrected chi connectivity index (χ4v) is 3.92. The maximum atomic E-state index is 11.7. The highest BCUT2D eigenvalue weighted by Crippen LogP contribution is 2.13. The summed E-state index contributed by atoms with van der Waals surface area (Å²) in [4.78, 5) is 0. The molecule has 0 N–H and O–H groups in total. The van der Waals surface area contributed by atoms with Crippen LogP contribution in [-0.2, 0) is 28.6 Å². The number of hydrogen-bond acceptors (Lipinski definition) is 8. The van der Waals surface area contributed by atoms with E-state index in [0.29, 0.717) is 0 Å². The molecule has 23 heavy (non-hydrogen) atoms. The predicted molar refractivity (Wildman–Crippen MR) is 82.8 cm³/mol. The molecule has 0 aliphatic heterocycles. The van der Waals surface area contributed by atoms with Gasteiger partial charge in [0.1, 0.15) is 0 Å². The number of hydrogen-bond donors (Lipinski definition) is 0. The largest absolute Gasteiger partial charge is 0.268 e. The van der Waals surface area contributed by atoms with Gasteiger partial charge in [-0.1, -0.05) is 27.7 Å². The van der Waals surface area contributed by atoms with Crippen LogP contribution in [0.3, 0.4) is 0 Å². The molecule has 0 amide bonds. The van der Waals surface area contributed by atoms with Gasteiger partial charge in [-0.05, 0) is 18.3 Å². The van der Waals surface area contributed by atoms with Crippen molar-refractivity contribution in [3.05, 3.63) is 0 Å². The van der Waals surface area contributed by atoms with Crippen LogP contribution in [0.25, 0.3) is 0 Å². The van der Waals surface area contributed by atoms with Gasteiger partial charge in [0.25, 0.3) is 20.2 Å². The van der Waals surface area contributed by atoms with Crippen LogP contribution in [0.2, 0.25) is 0 Å². The van der Waals surface area contributed by atoms with Crippen LogP contribution in [0.1, 0.15) is 34.1 Å². The van der Waals surface area contributed by atoms with Gasteiger partial charge in [0, 0.05) is 0 Å². The Balaban J connectivity index is 4.59. The molecule has 0 saturated heterocycles. The van der Waals surface area contributed by atoms with Crippen LogP contribution in [0.15, 0.2) is 0 Å². The lowest BCUT2D eigenvalue weighted by Crippen LogP contribution is -2.26. The molecule has 0 aromatic rings. The molecule has 0 aromatic heterocycles. The second-order valence-corrected chi connectivity index (χ2v) is 9.09. The lowest BCUT2D eigenvalue weighted by molar-refractivity contribution is 0.209. The zero-order valence-corrected chi connectivity index (χ0v) is 15.2. The van der Waals surface area contributed by atoms with E-state index < -0.39 is 43.9 Å². The highest BCUT2D eigenvalue weighted by atomic mass is 32.2. The van der Waals surface area contributed by atoms with E-state index >= 15 is 0 Å². The SMILES string of the molecule is CC(C)C(C#N)OS(=O)(=O)CCCS(=O)(=O)OC(C#N)C(C)C. The topological polar surface area (TPSA) is 134 Å². The highest BCUT2D eigenvalue weighted by Gasteiger charge is 2.25. The van der Waals surface area contributed by atoms with Crippen LogP contribution >= 0.6 is 0 Å². The lowest BCUT2D eigenvalue weighted by Gasteiger charge is -2.15. The second kappa shape index (κ2) is 9.18. The first-order valence-corrected chi connectivity index (χ1v) is 10.2. The zero-order valence-electron chi connectivity index (χ0n) is 13.6. The standard InChI is InChI=1S/C13H22N2O6S2/c1-10(2)12(8-14)20-22(16,17)6-5-7-23(18,19)21-13(9-15)11(3)4/h10-13H,5-7H2,1-4H3. The van der Waals surface area contributed by atoms with Crippen molar-refractivity contribution in [1.82, 2.24) is 0 Å². The quantitative estimate of drug-likeness (QED) is 0.526. The summed E-state index contributed by atoms with van der Waals surface area (Å²) in [5, 5.41) is 17.6. The van der Waals surface area contributed by atoms with E-state index in [1.807, 2.05) is 0 Å². The van der Waals surface area contributed by atoms with E-state index in [1.165, 1.54) is 0 Å². The van der Waals surface area contributed by atoms with E-state index in [0.717, 1.165) is 0 Å². The highest BCUT2D eigenvalue weighted by molar-refractivity contribution is 7.87. The average molecular weight is 366 g/mol. The minimum Gasteiger partial charge on any atom is -0.251 e. The average Bonchev–Trinajstić information content (AvgIpc) is 2.41. The van der Waals surface area contributed by atoms with Crippen LogP contribution in [-0.4, -0.2) is 40.5 Å². The summed E-state index contributed by atoms with van der Waals surface area (Å²) in [6.07, 6.45) is -2.48. The van der Waals surface area contributed by atoms with Gasteiger partial charge in [-0.3, -0.25) is 8.37 Å². The predicted octanol–water partition coefficient (Wildman–Crippen LogP) is 1.17. The van der Waals surface area contributed by atoms with Gasteiger partial charge in [0.05, 0.1) is 23.6 Å². The Labute approximate surface area is 138 Å². The van der Waals surface area contributed by atoms with Gasteiger partial charge in [-0.15, -0.1) is 0 Å². The molecular weight excluding hydrogens is 344 g/mol. The van der Waals surface area contributed by atoms with Crippen molar-refractivity contribution in [2.75, 3.05) is 11.5 Å². The maximum absolute atomic E-state index is 11.7. The minimum absolute atomic E-state index is 0.253. The molecular formula is C13H22N2O6S2. The van der Waals surface area contributed by atoms with E-state index in [2.05, 4.69) is 0 Å². The Morgan fingerprint density at radius 2 is 1.09 bits per heavy atom. The third kappa shape index (κ3) is 8.86. The third-order valence-electron chi connectivity index (χ3n) is 2.75. The fraction of sp³-hybridized carbons (Fsp3) is 0.846. The molecule has 0 heterocycles. The summed E-state index contributed by atoms with van der Waals surface area (Å²) >= 11 is 0. The summed E-state index contributed by atoms with van der Waals surface area (Å²) in [5.41, 5.74) is 0. The van der Waals surface area contributed by atoms with E-state index in [1.54, 1.807) is 39.8 Å². The Morgan fingerprint density at radius 3 is 1.30 bits per heavy atom. The van der Waals surface area contributed by atoms with Crippen molar-refractivity contribution in [3.63, 3.8) is 0 Å². The summed E-state index contributed by atoms with van der Waals surface area (Å²) < 4.78 is 56.3. The molecule has 0 radical (unpaired) electrons. The van der Waals surface area contributed by atoms with Crippen molar-refractivity contribution in [2.24, 2.45) is 11.8 Å². The van der Waals surface area contributed by atoms with Gasteiger partial charge in [-0.2, -0.15) is 27.4 Å². The monoisotopic (exact) mass is 366 g/mol. The Morgan fingerprint density at radius 1 is 0.783 bits per heavy atom.